The Labute approximate surface area is 225 Å². The third-order valence-electron chi connectivity index (χ3n) is 8.84. The summed E-state index contributed by atoms with van der Waals surface area (Å²) in [5.41, 5.74) is 11.5. The quantitative estimate of drug-likeness (QED) is 0.224. The molecule has 9 rings (SSSR count). The van der Waals surface area contributed by atoms with Crippen LogP contribution in [-0.2, 0) is 5.41 Å². The van der Waals surface area contributed by atoms with Crippen LogP contribution in [0.15, 0.2) is 118 Å². The van der Waals surface area contributed by atoms with Crippen molar-refractivity contribution in [1.29, 1.82) is 0 Å². The monoisotopic (exact) mass is 500 g/mol. The largest absolute Gasteiger partial charge is 0.456 e. The number of rotatable bonds is 1. The van der Waals surface area contributed by atoms with E-state index in [-0.39, 0.29) is 5.41 Å². The van der Waals surface area contributed by atoms with Crippen LogP contribution in [0.5, 0.6) is 0 Å². The number of hydrogen-bond donors (Lipinski definition) is 0. The number of hydrogen-bond acceptors (Lipinski definition) is 2. The first-order chi connectivity index (χ1) is 19.0. The van der Waals surface area contributed by atoms with Crippen molar-refractivity contribution in [3.63, 3.8) is 0 Å². The Hall–Kier alpha value is -4.82. The van der Waals surface area contributed by atoms with Crippen LogP contribution in [-0.4, -0.2) is 0 Å². The molecule has 1 aliphatic rings. The van der Waals surface area contributed by atoms with E-state index in [1.54, 1.807) is 0 Å². The predicted octanol–water partition coefficient (Wildman–Crippen LogP) is 10.6. The van der Waals surface area contributed by atoms with Gasteiger partial charge in [0, 0.05) is 27.0 Å². The fraction of sp³-hybridized carbons (Fsp3) is 0.0811. The highest BCUT2D eigenvalue weighted by Crippen LogP contribution is 2.49. The van der Waals surface area contributed by atoms with Crippen LogP contribution in [0.3, 0.4) is 0 Å². The van der Waals surface area contributed by atoms with Crippen molar-refractivity contribution in [2.45, 2.75) is 19.3 Å². The number of benzene rings is 6. The summed E-state index contributed by atoms with van der Waals surface area (Å²) in [6.45, 7) is 4.67. The predicted molar refractivity (Wildman–Crippen MR) is 162 cm³/mol. The van der Waals surface area contributed by atoms with Crippen molar-refractivity contribution in [2.75, 3.05) is 0 Å². The molecule has 2 heterocycles. The van der Waals surface area contributed by atoms with Crippen LogP contribution in [0.4, 0.5) is 0 Å². The first-order valence-electron chi connectivity index (χ1n) is 13.5. The van der Waals surface area contributed by atoms with Crippen molar-refractivity contribution >= 4 is 54.6 Å². The lowest BCUT2D eigenvalue weighted by Crippen LogP contribution is -2.14. The first-order valence-corrected chi connectivity index (χ1v) is 13.5. The molecule has 6 aromatic carbocycles. The molecule has 0 radical (unpaired) electrons. The summed E-state index contributed by atoms with van der Waals surface area (Å²) in [7, 11) is 0. The zero-order chi connectivity index (χ0) is 25.9. The van der Waals surface area contributed by atoms with Gasteiger partial charge in [-0.2, -0.15) is 0 Å². The van der Waals surface area contributed by atoms with E-state index < -0.39 is 0 Å². The van der Waals surface area contributed by atoms with Gasteiger partial charge < -0.3 is 8.83 Å². The lowest BCUT2D eigenvalue weighted by atomic mass is 9.81. The van der Waals surface area contributed by atoms with Crippen LogP contribution < -0.4 is 0 Å². The molecular weight excluding hydrogens is 476 g/mol. The topological polar surface area (TPSA) is 26.3 Å². The van der Waals surface area contributed by atoms with Gasteiger partial charge in [-0.3, -0.25) is 0 Å². The average molecular weight is 501 g/mol. The molecule has 0 saturated carbocycles. The standard InChI is InChI=1S/C37H24O2/c1-37(2)31-9-5-3-7-25(31)26-13-11-22(18-32(26)37)21-12-14-34-29(15-21)30-17-23-16-28-27-8-4-6-10-33(27)38-35(28)19-24(23)20-36(30)39-34/h3-20H,1-2H3. The summed E-state index contributed by atoms with van der Waals surface area (Å²) < 4.78 is 12.5. The Kier molecular flexibility index (Phi) is 3.89. The summed E-state index contributed by atoms with van der Waals surface area (Å²) in [6.07, 6.45) is 0. The Balaban J connectivity index is 1.23. The lowest BCUT2D eigenvalue weighted by Gasteiger charge is -2.22. The molecule has 0 fully saturated rings. The van der Waals surface area contributed by atoms with Crippen LogP contribution in [0.2, 0.25) is 0 Å². The maximum Gasteiger partial charge on any atom is 0.136 e. The van der Waals surface area contributed by atoms with Crippen LogP contribution in [0.25, 0.3) is 76.9 Å². The molecule has 2 nitrogen and oxygen atoms in total. The van der Waals surface area contributed by atoms with Gasteiger partial charge in [0.1, 0.15) is 22.3 Å². The Morgan fingerprint density at radius 1 is 0.436 bits per heavy atom. The Morgan fingerprint density at radius 3 is 1.87 bits per heavy atom. The van der Waals surface area contributed by atoms with Crippen LogP contribution in [0.1, 0.15) is 25.0 Å². The normalized spacial score (nSPS) is 14.1. The van der Waals surface area contributed by atoms with Gasteiger partial charge in [-0.15, -0.1) is 0 Å². The summed E-state index contributed by atoms with van der Waals surface area (Å²) >= 11 is 0. The second-order valence-electron chi connectivity index (χ2n) is 11.4. The van der Waals surface area contributed by atoms with E-state index >= 15 is 0 Å². The smallest absolute Gasteiger partial charge is 0.136 e. The van der Waals surface area contributed by atoms with Gasteiger partial charge in [0.2, 0.25) is 0 Å². The lowest BCUT2D eigenvalue weighted by molar-refractivity contribution is 0.660. The van der Waals surface area contributed by atoms with E-state index in [2.05, 4.69) is 111 Å². The van der Waals surface area contributed by atoms with E-state index in [1.165, 1.54) is 38.8 Å². The van der Waals surface area contributed by atoms with E-state index in [9.17, 15) is 0 Å². The molecule has 0 saturated heterocycles. The highest BCUT2D eigenvalue weighted by molar-refractivity contribution is 6.15. The molecule has 0 unspecified atom stereocenters. The molecule has 0 amide bonds. The molecule has 0 atom stereocenters. The zero-order valence-corrected chi connectivity index (χ0v) is 21.7. The number of para-hydroxylation sites is 1. The molecule has 184 valence electrons. The fourth-order valence-corrected chi connectivity index (χ4v) is 6.81. The van der Waals surface area contributed by atoms with Gasteiger partial charge in [-0.1, -0.05) is 74.5 Å². The maximum atomic E-state index is 6.34. The highest BCUT2D eigenvalue weighted by Gasteiger charge is 2.35. The highest BCUT2D eigenvalue weighted by atomic mass is 16.3. The molecule has 2 aromatic heterocycles. The SMILES string of the molecule is CC1(C)c2ccccc2-c2ccc(-c3ccc4oc5cc6cc7oc8ccccc8c7cc6cc5c4c3)cc21. The molecule has 1 aliphatic carbocycles. The molecule has 8 aromatic rings. The molecule has 0 aliphatic heterocycles. The van der Waals surface area contributed by atoms with Crippen molar-refractivity contribution in [3.8, 4) is 22.3 Å². The number of furan rings is 2. The summed E-state index contributed by atoms with van der Waals surface area (Å²) in [4.78, 5) is 0. The summed E-state index contributed by atoms with van der Waals surface area (Å²) in [5, 5.41) is 6.88. The minimum atomic E-state index is -0.0180. The molecule has 0 spiro atoms. The minimum Gasteiger partial charge on any atom is -0.456 e. The van der Waals surface area contributed by atoms with Crippen molar-refractivity contribution in [2.24, 2.45) is 0 Å². The Morgan fingerprint density at radius 2 is 1.03 bits per heavy atom. The van der Waals surface area contributed by atoms with Gasteiger partial charge in [0.15, 0.2) is 0 Å². The third kappa shape index (κ3) is 2.81. The minimum absolute atomic E-state index is 0.0180. The van der Waals surface area contributed by atoms with Crippen molar-refractivity contribution in [3.05, 3.63) is 120 Å². The number of fused-ring (bicyclic) bond motifs is 10. The Bertz CT molecular complexity index is 2310. The fourth-order valence-electron chi connectivity index (χ4n) is 6.81. The van der Waals surface area contributed by atoms with Crippen molar-refractivity contribution in [1.82, 2.24) is 0 Å². The molecule has 39 heavy (non-hydrogen) atoms. The summed E-state index contributed by atoms with van der Waals surface area (Å²) in [6, 6.07) is 39.3. The van der Waals surface area contributed by atoms with E-state index in [0.717, 1.165) is 49.3 Å². The van der Waals surface area contributed by atoms with Gasteiger partial charge in [0.25, 0.3) is 0 Å². The van der Waals surface area contributed by atoms with Gasteiger partial charge in [0.05, 0.1) is 0 Å². The van der Waals surface area contributed by atoms with Crippen LogP contribution in [0, 0.1) is 0 Å². The zero-order valence-electron chi connectivity index (χ0n) is 21.7. The van der Waals surface area contributed by atoms with E-state index in [4.69, 9.17) is 8.83 Å². The second-order valence-corrected chi connectivity index (χ2v) is 11.4. The maximum absolute atomic E-state index is 6.34. The molecular formula is C37H24O2. The van der Waals surface area contributed by atoms with Gasteiger partial charge in [-0.05, 0) is 92.7 Å². The van der Waals surface area contributed by atoms with Gasteiger partial charge in [-0.25, -0.2) is 0 Å². The summed E-state index contributed by atoms with van der Waals surface area (Å²) in [5.74, 6) is 0. The molecule has 2 heteroatoms. The second kappa shape index (κ2) is 7.18. The van der Waals surface area contributed by atoms with Crippen molar-refractivity contribution < 1.29 is 8.83 Å². The average Bonchev–Trinajstić information content (AvgIpc) is 3.57. The first kappa shape index (κ1) is 21.2. The third-order valence-corrected chi connectivity index (χ3v) is 8.84. The molecule has 0 bridgehead atoms. The van der Waals surface area contributed by atoms with E-state index in [0.29, 0.717) is 0 Å². The molecule has 0 N–H and O–H groups in total. The van der Waals surface area contributed by atoms with Gasteiger partial charge >= 0.3 is 0 Å². The van der Waals surface area contributed by atoms with Crippen LogP contribution >= 0.6 is 0 Å². The van der Waals surface area contributed by atoms with E-state index in [1.807, 2.05) is 12.1 Å².